The molecule has 0 radical (unpaired) electrons. The molecule has 3 rings (SSSR count). The molecule has 1 unspecified atom stereocenters. The predicted molar refractivity (Wildman–Crippen MR) is 90.9 cm³/mol. The molecule has 1 aliphatic heterocycles. The van der Waals surface area contributed by atoms with Gasteiger partial charge in [0.25, 0.3) is 5.91 Å². The van der Waals surface area contributed by atoms with Crippen molar-refractivity contribution in [3.63, 3.8) is 0 Å². The number of nitrogens with zero attached hydrogens (tertiary/aromatic N) is 3. The fourth-order valence-electron chi connectivity index (χ4n) is 3.24. The van der Waals surface area contributed by atoms with Gasteiger partial charge in [-0.1, -0.05) is 30.3 Å². The molecule has 0 spiro atoms. The number of ether oxygens (including phenoxy) is 1. The summed E-state index contributed by atoms with van der Waals surface area (Å²) in [5, 5.41) is 29.0. The minimum Gasteiger partial charge on any atom is -0.394 e. The molecule has 136 valence electrons. The summed E-state index contributed by atoms with van der Waals surface area (Å²) in [4.78, 5) is 15.9. The number of rotatable bonds is 6. The second kappa shape index (κ2) is 7.66. The first-order valence-electron chi connectivity index (χ1n) is 8.29. The number of aromatic nitrogens is 2. The summed E-state index contributed by atoms with van der Waals surface area (Å²) in [6, 6.07) is 11.6. The fourth-order valence-corrected chi connectivity index (χ4v) is 3.24. The zero-order valence-electron chi connectivity index (χ0n) is 14.0. The summed E-state index contributed by atoms with van der Waals surface area (Å²) >= 11 is 0. The fraction of sp³-hybridized carbons (Fsp3) is 0.389. The number of primary amides is 1. The first kappa shape index (κ1) is 18.1. The second-order valence-electron chi connectivity index (χ2n) is 6.24. The van der Waals surface area contributed by atoms with Crippen molar-refractivity contribution in [3.05, 3.63) is 53.6 Å². The van der Waals surface area contributed by atoms with E-state index in [2.05, 4.69) is 11.1 Å². The van der Waals surface area contributed by atoms with Crippen LogP contribution in [0.4, 0.5) is 0 Å². The minimum absolute atomic E-state index is 0.0121. The third-order valence-corrected chi connectivity index (χ3v) is 4.53. The zero-order valence-corrected chi connectivity index (χ0v) is 14.0. The molecule has 1 aliphatic rings. The normalized spacial score (nSPS) is 23.5. The molecule has 1 amide bonds. The molecule has 1 fully saturated rings. The molecule has 0 aliphatic carbocycles. The number of carbonyl (C=O) groups is 1. The van der Waals surface area contributed by atoms with Crippen LogP contribution in [0.5, 0.6) is 0 Å². The number of nitriles is 1. The van der Waals surface area contributed by atoms with Crippen molar-refractivity contribution >= 4 is 5.91 Å². The van der Waals surface area contributed by atoms with Crippen LogP contribution in [0, 0.1) is 11.3 Å². The van der Waals surface area contributed by atoms with Crippen LogP contribution in [-0.4, -0.2) is 44.5 Å². The number of aliphatic hydroxyl groups excluding tert-OH is 2. The summed E-state index contributed by atoms with van der Waals surface area (Å²) in [7, 11) is 0. The molecule has 1 saturated heterocycles. The van der Waals surface area contributed by atoms with E-state index in [-0.39, 0.29) is 18.7 Å². The Kier molecular flexibility index (Phi) is 5.32. The Morgan fingerprint density at radius 1 is 1.46 bits per heavy atom. The number of aliphatic hydroxyl groups is 2. The summed E-state index contributed by atoms with van der Waals surface area (Å²) in [6.07, 6.45) is -0.210. The summed E-state index contributed by atoms with van der Waals surface area (Å²) < 4.78 is 7.21. The molecule has 1 aromatic heterocycles. The first-order chi connectivity index (χ1) is 12.5. The molecular weight excluding hydrogens is 336 g/mol. The average molecular weight is 356 g/mol. The molecule has 8 nitrogen and oxygen atoms in total. The lowest BCUT2D eigenvalue weighted by molar-refractivity contribution is -0.0452. The number of benzene rings is 1. The summed E-state index contributed by atoms with van der Waals surface area (Å²) in [5.74, 6) is -1.40. The van der Waals surface area contributed by atoms with E-state index in [9.17, 15) is 20.3 Å². The lowest BCUT2D eigenvalue weighted by atomic mass is 9.95. The monoisotopic (exact) mass is 356 g/mol. The van der Waals surface area contributed by atoms with Crippen LogP contribution in [0.1, 0.15) is 40.3 Å². The van der Waals surface area contributed by atoms with E-state index < -0.39 is 30.3 Å². The Morgan fingerprint density at radius 3 is 2.77 bits per heavy atom. The second-order valence-corrected chi connectivity index (χ2v) is 6.24. The van der Waals surface area contributed by atoms with Crippen LogP contribution in [0.15, 0.2) is 36.7 Å². The lowest BCUT2D eigenvalue weighted by Gasteiger charge is -2.19. The smallest absolute Gasteiger partial charge is 0.269 e. The van der Waals surface area contributed by atoms with E-state index in [0.717, 1.165) is 5.56 Å². The van der Waals surface area contributed by atoms with Crippen LogP contribution in [0.25, 0.3) is 0 Å². The minimum atomic E-state index is -0.841. The highest BCUT2D eigenvalue weighted by molar-refractivity contribution is 5.92. The van der Waals surface area contributed by atoms with E-state index in [0.29, 0.717) is 12.1 Å². The maximum Gasteiger partial charge on any atom is 0.269 e. The van der Waals surface area contributed by atoms with Gasteiger partial charge < -0.3 is 25.3 Å². The van der Waals surface area contributed by atoms with Gasteiger partial charge in [-0.2, -0.15) is 5.26 Å². The quantitative estimate of drug-likeness (QED) is 0.689. The van der Waals surface area contributed by atoms with E-state index in [1.54, 1.807) is 4.57 Å². The van der Waals surface area contributed by atoms with E-state index in [1.165, 1.54) is 6.33 Å². The van der Waals surface area contributed by atoms with Crippen LogP contribution in [-0.2, 0) is 11.2 Å². The van der Waals surface area contributed by atoms with Gasteiger partial charge in [0.15, 0.2) is 5.69 Å². The SMILES string of the molecule is N#CC(Cc1ccccc1)c1c(C(N)=O)ncn1[C@H]1C[C@H](O)[C@@H](CO)O1. The van der Waals surface area contributed by atoms with Crippen molar-refractivity contribution in [2.75, 3.05) is 6.61 Å². The van der Waals surface area contributed by atoms with E-state index in [1.807, 2.05) is 30.3 Å². The molecule has 4 atom stereocenters. The molecular formula is C18H20N4O4. The van der Waals surface area contributed by atoms with Crippen molar-refractivity contribution in [2.45, 2.75) is 37.2 Å². The van der Waals surface area contributed by atoms with Gasteiger partial charge in [-0.25, -0.2) is 4.98 Å². The van der Waals surface area contributed by atoms with Gasteiger partial charge in [-0.3, -0.25) is 4.79 Å². The van der Waals surface area contributed by atoms with Gasteiger partial charge in [-0.05, 0) is 12.0 Å². The summed E-state index contributed by atoms with van der Waals surface area (Å²) in [6.45, 7) is -0.323. The summed E-state index contributed by atoms with van der Waals surface area (Å²) in [5.41, 5.74) is 6.74. The van der Waals surface area contributed by atoms with Crippen molar-refractivity contribution in [3.8, 4) is 6.07 Å². The average Bonchev–Trinajstić information content (AvgIpc) is 3.24. The maximum absolute atomic E-state index is 11.8. The highest BCUT2D eigenvalue weighted by Crippen LogP contribution is 2.33. The van der Waals surface area contributed by atoms with Crippen molar-refractivity contribution in [2.24, 2.45) is 5.73 Å². The number of nitrogens with two attached hydrogens (primary N) is 1. The van der Waals surface area contributed by atoms with Crippen molar-refractivity contribution in [1.82, 2.24) is 9.55 Å². The Labute approximate surface area is 150 Å². The highest BCUT2D eigenvalue weighted by atomic mass is 16.5. The number of imidazole rings is 1. The Morgan fingerprint density at radius 2 is 2.19 bits per heavy atom. The molecule has 0 saturated carbocycles. The van der Waals surface area contributed by atoms with Gasteiger partial charge >= 0.3 is 0 Å². The molecule has 4 N–H and O–H groups in total. The van der Waals surface area contributed by atoms with Gasteiger partial charge in [0.1, 0.15) is 12.3 Å². The number of hydrogen-bond acceptors (Lipinski definition) is 6. The van der Waals surface area contributed by atoms with Crippen molar-refractivity contribution in [1.29, 1.82) is 5.26 Å². The molecule has 0 bridgehead atoms. The van der Waals surface area contributed by atoms with Gasteiger partial charge in [0.05, 0.1) is 36.7 Å². The topological polar surface area (TPSA) is 134 Å². The zero-order chi connectivity index (χ0) is 18.7. The van der Waals surface area contributed by atoms with Crippen LogP contribution < -0.4 is 5.73 Å². The van der Waals surface area contributed by atoms with E-state index in [4.69, 9.17) is 10.5 Å². The maximum atomic E-state index is 11.8. The third-order valence-electron chi connectivity index (χ3n) is 4.53. The number of amides is 1. The molecule has 2 heterocycles. The van der Waals surface area contributed by atoms with Crippen LogP contribution in [0.2, 0.25) is 0 Å². The van der Waals surface area contributed by atoms with Crippen LogP contribution >= 0.6 is 0 Å². The molecule has 26 heavy (non-hydrogen) atoms. The predicted octanol–water partition coefficient (Wildman–Crippen LogP) is 0.473. The van der Waals surface area contributed by atoms with E-state index >= 15 is 0 Å². The lowest BCUT2D eigenvalue weighted by Crippen LogP contribution is -2.24. The van der Waals surface area contributed by atoms with Gasteiger partial charge in [0.2, 0.25) is 0 Å². The highest BCUT2D eigenvalue weighted by Gasteiger charge is 2.37. The largest absolute Gasteiger partial charge is 0.394 e. The third kappa shape index (κ3) is 3.46. The molecule has 8 heteroatoms. The number of hydrogen-bond donors (Lipinski definition) is 3. The van der Waals surface area contributed by atoms with Gasteiger partial charge in [-0.15, -0.1) is 0 Å². The Balaban J connectivity index is 1.97. The van der Waals surface area contributed by atoms with Crippen molar-refractivity contribution < 1.29 is 19.7 Å². The molecule has 1 aromatic carbocycles. The number of carbonyl (C=O) groups excluding carboxylic acids is 1. The Bertz CT molecular complexity index is 814. The van der Waals surface area contributed by atoms with Gasteiger partial charge in [0, 0.05) is 6.42 Å². The Hall–Kier alpha value is -2.73. The first-order valence-corrected chi connectivity index (χ1v) is 8.29. The standard InChI is InChI=1S/C18H20N4O4/c19-8-12(6-11-4-2-1-3-5-11)17-16(18(20)25)21-10-22(17)15-7-13(24)14(9-23)26-15/h1-5,10,12-15,23-24H,6-7,9H2,(H2,20,25)/t12?,13-,14+,15+/m0/s1. The van der Waals surface area contributed by atoms with Crippen LogP contribution in [0.3, 0.4) is 0 Å². The molecule has 2 aromatic rings.